The van der Waals surface area contributed by atoms with Gasteiger partial charge in [0.1, 0.15) is 10.6 Å². The first-order valence-corrected chi connectivity index (χ1v) is 8.09. The van der Waals surface area contributed by atoms with Crippen molar-refractivity contribution in [1.29, 1.82) is 0 Å². The van der Waals surface area contributed by atoms with E-state index in [1.807, 2.05) is 0 Å². The summed E-state index contributed by atoms with van der Waals surface area (Å²) in [6.07, 6.45) is 0. The molecule has 20 heavy (non-hydrogen) atoms. The largest absolute Gasteiger partial charge is 0.495 e. The highest BCUT2D eigenvalue weighted by Gasteiger charge is 2.30. The van der Waals surface area contributed by atoms with Crippen LogP contribution in [-0.4, -0.2) is 33.1 Å². The van der Waals surface area contributed by atoms with Crippen LogP contribution in [0.1, 0.15) is 0 Å². The minimum atomic E-state index is -4.92. The first-order valence-electron chi connectivity index (χ1n) is 5.21. The van der Waals surface area contributed by atoms with Gasteiger partial charge in [-0.2, -0.15) is 16.8 Å². The Balaban J connectivity index is 3.18. The summed E-state index contributed by atoms with van der Waals surface area (Å²) in [6.45, 7) is 0. The van der Waals surface area contributed by atoms with E-state index in [9.17, 15) is 25.9 Å². The van der Waals surface area contributed by atoms with E-state index in [4.69, 9.17) is 4.74 Å². The van der Waals surface area contributed by atoms with Crippen LogP contribution in [0, 0.1) is 0 Å². The van der Waals surface area contributed by atoms with Crippen molar-refractivity contribution in [3.63, 3.8) is 0 Å². The number of hydrogen-bond donors (Lipinski definition) is 2. The molecular weight excluding hydrogens is 308 g/mol. The van der Waals surface area contributed by atoms with Gasteiger partial charge < -0.3 is 4.74 Å². The van der Waals surface area contributed by atoms with E-state index < -0.39 is 30.0 Å². The van der Waals surface area contributed by atoms with Crippen molar-refractivity contribution in [1.82, 2.24) is 0 Å². The van der Waals surface area contributed by atoms with E-state index in [0.717, 1.165) is 7.11 Å². The normalized spacial score (nSPS) is 12.6. The summed E-state index contributed by atoms with van der Waals surface area (Å²) in [5.41, 5.74) is 0. The first-order chi connectivity index (χ1) is 9.16. The lowest BCUT2D eigenvalue weighted by atomic mass is 10.1. The molecule has 0 spiro atoms. The molecule has 0 heterocycles. The topological polar surface area (TPSA) is 118 Å². The number of methoxy groups -OCH3 is 1. The smallest absolute Gasteiger partial charge is 0.299 e. The average molecular weight is 318 g/mol. The molecule has 7 nitrogen and oxygen atoms in total. The van der Waals surface area contributed by atoms with E-state index in [1.165, 1.54) is 24.3 Å². The Kier molecular flexibility index (Phi) is 3.46. The van der Waals surface area contributed by atoms with Crippen LogP contribution in [0.2, 0.25) is 0 Å². The van der Waals surface area contributed by atoms with Crippen LogP contribution in [0.25, 0.3) is 10.8 Å². The molecule has 0 amide bonds. The second kappa shape index (κ2) is 4.70. The van der Waals surface area contributed by atoms with E-state index in [2.05, 4.69) is 0 Å². The molecule has 2 aromatic carbocycles. The molecular formula is C11H10O7S2. The van der Waals surface area contributed by atoms with E-state index in [1.54, 1.807) is 6.07 Å². The molecule has 0 bridgehead atoms. The molecule has 0 fully saturated rings. The molecule has 2 N–H and O–H groups in total. The highest BCUT2D eigenvalue weighted by atomic mass is 32.2. The Morgan fingerprint density at radius 2 is 1.50 bits per heavy atom. The van der Waals surface area contributed by atoms with Crippen molar-refractivity contribution in [2.45, 2.75) is 9.79 Å². The summed E-state index contributed by atoms with van der Waals surface area (Å²) in [5, 5.41) is 0.299. The predicted octanol–water partition coefficient (Wildman–Crippen LogP) is 1.34. The lowest BCUT2D eigenvalue weighted by molar-refractivity contribution is 0.393. The molecule has 108 valence electrons. The molecule has 0 saturated carbocycles. The molecule has 0 atom stereocenters. The van der Waals surface area contributed by atoms with Crippen LogP contribution < -0.4 is 4.74 Å². The fraction of sp³-hybridized carbons (Fsp3) is 0.0909. The Hall–Kier alpha value is -1.68. The number of fused-ring (bicyclic) bond motifs is 1. The molecule has 0 saturated heterocycles. The third-order valence-corrected chi connectivity index (χ3v) is 4.65. The average Bonchev–Trinajstić information content (AvgIpc) is 2.34. The molecule has 2 rings (SSSR count). The van der Waals surface area contributed by atoms with Gasteiger partial charge in [-0.15, -0.1) is 0 Å². The summed E-state index contributed by atoms with van der Waals surface area (Å²) in [6, 6.07) is 7.15. The zero-order chi connectivity index (χ0) is 15.1. The second-order valence-corrected chi connectivity index (χ2v) is 6.63. The van der Waals surface area contributed by atoms with Crippen molar-refractivity contribution in [2.24, 2.45) is 0 Å². The lowest BCUT2D eigenvalue weighted by Gasteiger charge is -2.13. The van der Waals surface area contributed by atoms with Crippen molar-refractivity contribution in [3.05, 3.63) is 30.3 Å². The molecule has 9 heteroatoms. The van der Waals surface area contributed by atoms with Gasteiger partial charge in [0, 0.05) is 5.39 Å². The highest BCUT2D eigenvalue weighted by Crippen LogP contribution is 2.37. The summed E-state index contributed by atoms with van der Waals surface area (Å²) in [7, 11) is -8.69. The summed E-state index contributed by atoms with van der Waals surface area (Å²) in [4.78, 5) is -1.89. The van der Waals surface area contributed by atoms with E-state index >= 15 is 0 Å². The van der Waals surface area contributed by atoms with Crippen LogP contribution in [0.5, 0.6) is 5.75 Å². The van der Waals surface area contributed by atoms with Gasteiger partial charge in [0.15, 0.2) is 4.90 Å². The third-order valence-electron chi connectivity index (χ3n) is 2.66. The monoisotopic (exact) mass is 318 g/mol. The molecule has 0 aliphatic heterocycles. The SMILES string of the molecule is COc1cc2ccccc2c(S(=O)(=O)O)c1S(=O)(=O)O. The minimum Gasteiger partial charge on any atom is -0.495 e. The standard InChI is InChI=1S/C11H10O7S2/c1-18-9-6-7-4-2-3-5-8(7)10(19(12,13)14)11(9)20(15,16)17/h2-6H,1H3,(H,12,13,14)(H,15,16,17). The summed E-state index contributed by atoms with van der Waals surface area (Å²) in [5.74, 6) is -0.376. The van der Waals surface area contributed by atoms with Crippen LogP contribution in [0.3, 0.4) is 0 Å². The summed E-state index contributed by atoms with van der Waals surface area (Å²) < 4.78 is 69.2. The van der Waals surface area contributed by atoms with E-state index in [0.29, 0.717) is 5.39 Å². The zero-order valence-corrected chi connectivity index (χ0v) is 11.8. The van der Waals surface area contributed by atoms with Gasteiger partial charge in [-0.3, -0.25) is 9.11 Å². The van der Waals surface area contributed by atoms with Crippen LogP contribution in [0.4, 0.5) is 0 Å². The number of hydrogen-bond acceptors (Lipinski definition) is 5. The van der Waals surface area contributed by atoms with Crippen LogP contribution in [-0.2, 0) is 20.2 Å². The van der Waals surface area contributed by atoms with Gasteiger partial charge in [-0.25, -0.2) is 0 Å². The molecule has 0 radical (unpaired) electrons. The van der Waals surface area contributed by atoms with Crippen molar-refractivity contribution < 1.29 is 30.7 Å². The second-order valence-electron chi connectivity index (χ2n) is 3.91. The molecule has 0 aromatic heterocycles. The highest BCUT2D eigenvalue weighted by molar-refractivity contribution is 7.89. The van der Waals surface area contributed by atoms with Crippen LogP contribution >= 0.6 is 0 Å². The fourth-order valence-corrected chi connectivity index (χ4v) is 4.09. The number of rotatable bonds is 3. The molecule has 0 aliphatic rings. The van der Waals surface area contributed by atoms with Gasteiger partial charge in [0.05, 0.1) is 7.11 Å². The van der Waals surface area contributed by atoms with Gasteiger partial charge >= 0.3 is 0 Å². The fourth-order valence-electron chi connectivity index (χ4n) is 1.92. The zero-order valence-electron chi connectivity index (χ0n) is 10.1. The lowest BCUT2D eigenvalue weighted by Crippen LogP contribution is -2.11. The van der Waals surface area contributed by atoms with Crippen molar-refractivity contribution in [3.8, 4) is 5.75 Å². The minimum absolute atomic E-state index is 0.0385. The Morgan fingerprint density at radius 1 is 0.950 bits per heavy atom. The number of benzene rings is 2. The first kappa shape index (κ1) is 14.7. The van der Waals surface area contributed by atoms with Gasteiger partial charge in [-0.05, 0) is 11.5 Å². The Labute approximate surface area is 115 Å². The van der Waals surface area contributed by atoms with Gasteiger partial charge in [0.25, 0.3) is 20.2 Å². The maximum Gasteiger partial charge on any atom is 0.299 e. The summed E-state index contributed by atoms with van der Waals surface area (Å²) >= 11 is 0. The van der Waals surface area contributed by atoms with E-state index in [-0.39, 0.29) is 11.1 Å². The maximum absolute atomic E-state index is 11.5. The predicted molar refractivity (Wildman–Crippen MR) is 70.1 cm³/mol. The van der Waals surface area contributed by atoms with Crippen molar-refractivity contribution >= 4 is 31.0 Å². The molecule has 0 unspecified atom stereocenters. The third kappa shape index (κ3) is 2.48. The Bertz CT molecular complexity index is 882. The molecule has 2 aromatic rings. The van der Waals surface area contributed by atoms with Gasteiger partial charge in [0.2, 0.25) is 0 Å². The van der Waals surface area contributed by atoms with Crippen LogP contribution in [0.15, 0.2) is 40.1 Å². The Morgan fingerprint density at radius 3 is 2.00 bits per heavy atom. The van der Waals surface area contributed by atoms with Gasteiger partial charge in [-0.1, -0.05) is 24.3 Å². The van der Waals surface area contributed by atoms with Crippen molar-refractivity contribution in [2.75, 3.05) is 7.11 Å². The molecule has 0 aliphatic carbocycles. The quantitative estimate of drug-likeness (QED) is 0.820. The maximum atomic E-state index is 11.5. The number of ether oxygens (including phenoxy) is 1.